The van der Waals surface area contributed by atoms with Crippen LogP contribution in [0.2, 0.25) is 0 Å². The molecule has 0 aliphatic heterocycles. The van der Waals surface area contributed by atoms with Crippen LogP contribution in [0.15, 0.2) is 30.3 Å². The van der Waals surface area contributed by atoms with Gasteiger partial charge < -0.3 is 10.1 Å². The van der Waals surface area contributed by atoms with Crippen LogP contribution in [0.5, 0.6) is 5.75 Å². The summed E-state index contributed by atoms with van der Waals surface area (Å²) in [7, 11) is 1.67. The minimum Gasteiger partial charge on any atom is -0.496 e. The Kier molecular flexibility index (Phi) is 3.28. The summed E-state index contributed by atoms with van der Waals surface area (Å²) < 4.78 is 5.34. The predicted molar refractivity (Wildman–Crippen MR) is 74.0 cm³/mol. The van der Waals surface area contributed by atoms with Gasteiger partial charge in [-0.2, -0.15) is 5.10 Å². The highest BCUT2D eigenvalue weighted by Gasteiger charge is 2.13. The number of nitrogens with zero attached hydrogens (tertiary/aromatic N) is 1. The van der Waals surface area contributed by atoms with E-state index in [0.717, 1.165) is 22.8 Å². The molecule has 1 aromatic heterocycles. The number of aromatic nitrogens is 2. The van der Waals surface area contributed by atoms with Crippen LogP contribution in [0.3, 0.4) is 0 Å². The first-order valence-electron chi connectivity index (χ1n) is 5.96. The lowest BCUT2D eigenvalue weighted by atomic mass is 10.1. The van der Waals surface area contributed by atoms with Crippen LogP contribution in [0.1, 0.15) is 20.8 Å². The van der Waals surface area contributed by atoms with Gasteiger partial charge in [0.1, 0.15) is 11.6 Å². The van der Waals surface area contributed by atoms with Crippen molar-refractivity contribution in [3.63, 3.8) is 0 Å². The number of methoxy groups -OCH3 is 1. The number of rotatable bonds is 3. The van der Waals surface area contributed by atoms with Crippen LogP contribution >= 0.6 is 0 Å². The number of para-hydroxylation sites is 1. The van der Waals surface area contributed by atoms with Crippen molar-refractivity contribution in [2.75, 3.05) is 12.4 Å². The van der Waals surface area contributed by atoms with Crippen LogP contribution in [0.25, 0.3) is 11.3 Å². The van der Waals surface area contributed by atoms with E-state index >= 15 is 0 Å². The van der Waals surface area contributed by atoms with Crippen molar-refractivity contribution in [2.24, 2.45) is 0 Å². The van der Waals surface area contributed by atoms with Crippen molar-refractivity contribution in [3.05, 3.63) is 30.3 Å². The molecule has 0 saturated carbocycles. The predicted octanol–water partition coefficient (Wildman–Crippen LogP) is 3.30. The van der Waals surface area contributed by atoms with E-state index in [2.05, 4.69) is 36.3 Å². The summed E-state index contributed by atoms with van der Waals surface area (Å²) >= 11 is 0. The van der Waals surface area contributed by atoms with E-state index in [1.165, 1.54) is 0 Å². The molecule has 0 radical (unpaired) electrons. The lowest BCUT2D eigenvalue weighted by Crippen LogP contribution is -2.26. The average molecular weight is 245 g/mol. The van der Waals surface area contributed by atoms with E-state index in [0.29, 0.717) is 0 Å². The lowest BCUT2D eigenvalue weighted by Gasteiger charge is -2.19. The van der Waals surface area contributed by atoms with E-state index in [-0.39, 0.29) is 5.54 Å². The summed E-state index contributed by atoms with van der Waals surface area (Å²) in [4.78, 5) is 0. The van der Waals surface area contributed by atoms with Crippen molar-refractivity contribution >= 4 is 5.82 Å². The van der Waals surface area contributed by atoms with Gasteiger partial charge in [-0.15, -0.1) is 0 Å². The molecule has 4 nitrogen and oxygen atoms in total. The van der Waals surface area contributed by atoms with E-state index in [1.807, 2.05) is 30.3 Å². The first kappa shape index (κ1) is 12.5. The fourth-order valence-corrected chi connectivity index (χ4v) is 1.78. The molecule has 2 N–H and O–H groups in total. The molecule has 2 aromatic rings. The molecule has 2 rings (SSSR count). The number of anilines is 1. The highest BCUT2D eigenvalue weighted by atomic mass is 16.5. The first-order valence-corrected chi connectivity index (χ1v) is 5.96. The molecule has 0 aliphatic carbocycles. The van der Waals surface area contributed by atoms with Crippen molar-refractivity contribution in [1.82, 2.24) is 10.2 Å². The third kappa shape index (κ3) is 2.83. The second-order valence-corrected chi connectivity index (χ2v) is 5.24. The first-order chi connectivity index (χ1) is 8.49. The summed E-state index contributed by atoms with van der Waals surface area (Å²) in [6, 6.07) is 9.87. The third-order valence-corrected chi connectivity index (χ3v) is 2.48. The van der Waals surface area contributed by atoms with Gasteiger partial charge in [0, 0.05) is 17.2 Å². The molecule has 4 heteroatoms. The zero-order valence-electron chi connectivity index (χ0n) is 11.2. The summed E-state index contributed by atoms with van der Waals surface area (Å²) in [6.07, 6.45) is 0. The Bertz CT molecular complexity index is 526. The number of hydrogen-bond acceptors (Lipinski definition) is 3. The quantitative estimate of drug-likeness (QED) is 0.872. The van der Waals surface area contributed by atoms with Gasteiger partial charge in [-0.3, -0.25) is 5.10 Å². The summed E-state index contributed by atoms with van der Waals surface area (Å²) in [5.74, 6) is 1.67. The summed E-state index contributed by atoms with van der Waals surface area (Å²) in [5.41, 5.74) is 1.95. The van der Waals surface area contributed by atoms with Crippen LogP contribution in [0.4, 0.5) is 5.82 Å². The largest absolute Gasteiger partial charge is 0.496 e. The zero-order chi connectivity index (χ0) is 13.2. The SMILES string of the molecule is COc1ccccc1-c1cc(NC(C)(C)C)n[nH]1. The minimum absolute atomic E-state index is 0.00671. The van der Waals surface area contributed by atoms with E-state index in [4.69, 9.17) is 4.74 Å². The Morgan fingerprint density at radius 1 is 1.22 bits per heavy atom. The number of hydrogen-bond donors (Lipinski definition) is 2. The molecule has 1 aromatic carbocycles. The lowest BCUT2D eigenvalue weighted by molar-refractivity contribution is 0.416. The fraction of sp³-hybridized carbons (Fsp3) is 0.357. The average Bonchev–Trinajstić information content (AvgIpc) is 2.75. The van der Waals surface area contributed by atoms with Crippen molar-refractivity contribution < 1.29 is 4.74 Å². The molecule has 0 amide bonds. The van der Waals surface area contributed by atoms with Crippen LogP contribution in [-0.2, 0) is 0 Å². The Morgan fingerprint density at radius 3 is 2.61 bits per heavy atom. The summed E-state index contributed by atoms with van der Waals surface area (Å²) in [5, 5.41) is 10.6. The highest BCUT2D eigenvalue weighted by molar-refractivity contribution is 5.69. The molecule has 0 bridgehead atoms. The second kappa shape index (κ2) is 4.72. The van der Waals surface area contributed by atoms with Crippen LogP contribution in [0, 0.1) is 0 Å². The molecule has 0 atom stereocenters. The maximum atomic E-state index is 5.34. The molecule has 0 aliphatic rings. The smallest absolute Gasteiger partial charge is 0.148 e. The topological polar surface area (TPSA) is 49.9 Å². The maximum absolute atomic E-state index is 5.34. The van der Waals surface area contributed by atoms with Gasteiger partial charge in [-0.05, 0) is 32.9 Å². The number of aromatic amines is 1. The molecule has 96 valence electrons. The molecule has 1 heterocycles. The van der Waals surface area contributed by atoms with Gasteiger partial charge in [0.15, 0.2) is 0 Å². The van der Waals surface area contributed by atoms with Crippen LogP contribution < -0.4 is 10.1 Å². The van der Waals surface area contributed by atoms with E-state index < -0.39 is 0 Å². The monoisotopic (exact) mass is 245 g/mol. The second-order valence-electron chi connectivity index (χ2n) is 5.24. The Hall–Kier alpha value is -1.97. The standard InChI is InChI=1S/C14H19N3O/c1-14(2,3)15-13-9-11(16-17-13)10-7-5-6-8-12(10)18-4/h5-9H,1-4H3,(H2,15,16,17). The Balaban J connectivity index is 2.29. The molecule has 0 fully saturated rings. The number of benzene rings is 1. The Morgan fingerprint density at radius 2 is 1.94 bits per heavy atom. The van der Waals surface area contributed by atoms with Crippen molar-refractivity contribution in [2.45, 2.75) is 26.3 Å². The van der Waals surface area contributed by atoms with E-state index in [1.54, 1.807) is 7.11 Å². The van der Waals surface area contributed by atoms with Gasteiger partial charge in [-0.1, -0.05) is 12.1 Å². The van der Waals surface area contributed by atoms with Crippen LogP contribution in [-0.4, -0.2) is 22.8 Å². The van der Waals surface area contributed by atoms with Gasteiger partial charge >= 0.3 is 0 Å². The van der Waals surface area contributed by atoms with Crippen molar-refractivity contribution in [1.29, 1.82) is 0 Å². The normalized spacial score (nSPS) is 11.3. The van der Waals surface area contributed by atoms with E-state index in [9.17, 15) is 0 Å². The number of nitrogens with one attached hydrogen (secondary N) is 2. The summed E-state index contributed by atoms with van der Waals surface area (Å²) in [6.45, 7) is 6.30. The Labute approximate surface area is 107 Å². The number of ether oxygens (including phenoxy) is 1. The highest BCUT2D eigenvalue weighted by Crippen LogP contribution is 2.29. The molecule has 0 saturated heterocycles. The number of H-pyrrole nitrogens is 1. The van der Waals surface area contributed by atoms with Gasteiger partial charge in [0.25, 0.3) is 0 Å². The van der Waals surface area contributed by atoms with Crippen molar-refractivity contribution in [3.8, 4) is 17.0 Å². The molecular weight excluding hydrogens is 226 g/mol. The minimum atomic E-state index is -0.00671. The molecular formula is C14H19N3O. The molecule has 0 spiro atoms. The maximum Gasteiger partial charge on any atom is 0.148 e. The van der Waals surface area contributed by atoms with Gasteiger partial charge in [0.05, 0.1) is 12.8 Å². The molecule has 18 heavy (non-hydrogen) atoms. The molecule has 0 unspecified atom stereocenters. The van der Waals surface area contributed by atoms with Gasteiger partial charge in [0.2, 0.25) is 0 Å². The fourth-order valence-electron chi connectivity index (χ4n) is 1.78. The van der Waals surface area contributed by atoms with Gasteiger partial charge in [-0.25, -0.2) is 0 Å². The zero-order valence-corrected chi connectivity index (χ0v) is 11.2. The third-order valence-electron chi connectivity index (χ3n) is 2.48.